The molecule has 9 unspecified atom stereocenters. The summed E-state index contributed by atoms with van der Waals surface area (Å²) in [6.45, 7) is 11.6. The van der Waals surface area contributed by atoms with Crippen LogP contribution in [0.4, 0.5) is 0 Å². The molecule has 0 bridgehead atoms. The molecule has 0 aliphatic heterocycles. The number of ether oxygens (including phenoxy) is 2. The molecule has 3 saturated carbocycles. The minimum Gasteiger partial charge on any atom is -0.465 e. The number of aliphatic hydroxyl groups excluding tert-OH is 1. The van der Waals surface area contributed by atoms with Gasteiger partial charge in [0.1, 0.15) is 18.5 Å². The molecule has 0 radical (unpaired) electrons. The minimum atomic E-state index is -0.721. The first-order chi connectivity index (χ1) is 14.8. The molecule has 6 heteroatoms. The summed E-state index contributed by atoms with van der Waals surface area (Å²) >= 11 is 0. The van der Waals surface area contributed by atoms with Crippen molar-refractivity contribution in [3.8, 4) is 0 Å². The first-order valence-electron chi connectivity index (χ1n) is 12.0. The van der Waals surface area contributed by atoms with Crippen molar-refractivity contribution in [1.29, 1.82) is 0 Å². The van der Waals surface area contributed by atoms with Gasteiger partial charge < -0.3 is 14.6 Å². The van der Waals surface area contributed by atoms with Gasteiger partial charge in [0.2, 0.25) is 0 Å². The van der Waals surface area contributed by atoms with E-state index in [-0.39, 0.29) is 59.0 Å². The Morgan fingerprint density at radius 3 is 2.38 bits per heavy atom. The minimum absolute atomic E-state index is 0.0274. The largest absolute Gasteiger partial charge is 0.465 e. The summed E-state index contributed by atoms with van der Waals surface area (Å²) in [5.74, 6) is -0.289. The molecular formula is C26H38O6. The predicted molar refractivity (Wildman–Crippen MR) is 118 cm³/mol. The van der Waals surface area contributed by atoms with E-state index >= 15 is 0 Å². The van der Waals surface area contributed by atoms with Gasteiger partial charge in [-0.15, -0.1) is 0 Å². The Kier molecular flexibility index (Phi) is 5.43. The Morgan fingerprint density at radius 1 is 1.06 bits per heavy atom. The molecular weight excluding hydrogens is 408 g/mol. The summed E-state index contributed by atoms with van der Waals surface area (Å²) in [6, 6.07) is 0. The fourth-order valence-corrected chi connectivity index (χ4v) is 8.55. The van der Waals surface area contributed by atoms with Crippen molar-refractivity contribution in [1.82, 2.24) is 0 Å². The maximum atomic E-state index is 13.2. The zero-order valence-electron chi connectivity index (χ0n) is 20.3. The number of carbonyl (C=O) groups is 3. The van der Waals surface area contributed by atoms with Crippen LogP contribution >= 0.6 is 0 Å². The number of ketones is 1. The van der Waals surface area contributed by atoms with Crippen LogP contribution < -0.4 is 0 Å². The Hall–Kier alpha value is -1.69. The van der Waals surface area contributed by atoms with E-state index in [2.05, 4.69) is 20.8 Å². The Balaban J connectivity index is 1.78. The first-order valence-corrected chi connectivity index (χ1v) is 12.0. The van der Waals surface area contributed by atoms with Gasteiger partial charge in [0.15, 0.2) is 0 Å². The standard InChI is InChI=1S/C26H38O6/c1-15(27)31-14-24(4)19-9-12-25(5)20(23(19,3)11-10-21(24)29)13-18(32-16(2)28)17-7-8-22(30)26(17,25)6/h7-8,17-20,22,30H,9-14H2,1-6H3. The van der Waals surface area contributed by atoms with Gasteiger partial charge in [0, 0.05) is 31.6 Å². The van der Waals surface area contributed by atoms with Crippen LogP contribution in [0.25, 0.3) is 0 Å². The smallest absolute Gasteiger partial charge is 0.302 e. The van der Waals surface area contributed by atoms with Crippen molar-refractivity contribution >= 4 is 17.7 Å². The molecule has 9 atom stereocenters. The maximum absolute atomic E-state index is 13.2. The van der Waals surface area contributed by atoms with Gasteiger partial charge in [0.05, 0.1) is 11.5 Å². The SMILES string of the molecule is CC(=O)OCC1(C)C(=O)CCC2(C)C1CCC1(C)C2CC(OC(C)=O)C2C=CC(O)C21C. The van der Waals surface area contributed by atoms with Gasteiger partial charge in [-0.1, -0.05) is 32.9 Å². The summed E-state index contributed by atoms with van der Waals surface area (Å²) in [4.78, 5) is 36.7. The zero-order valence-corrected chi connectivity index (χ0v) is 20.3. The molecule has 1 N–H and O–H groups in total. The lowest BCUT2D eigenvalue weighted by molar-refractivity contribution is -0.243. The molecule has 4 aliphatic carbocycles. The topological polar surface area (TPSA) is 89.9 Å². The number of aliphatic hydroxyl groups is 1. The van der Waals surface area contributed by atoms with Gasteiger partial charge in [0.25, 0.3) is 0 Å². The monoisotopic (exact) mass is 446 g/mol. The third-order valence-corrected chi connectivity index (χ3v) is 10.4. The second-order valence-electron chi connectivity index (χ2n) is 11.7. The molecule has 4 rings (SSSR count). The first kappa shape index (κ1) is 23.5. The highest BCUT2D eigenvalue weighted by Gasteiger charge is 2.71. The molecule has 4 aliphatic rings. The van der Waals surface area contributed by atoms with Crippen LogP contribution in [0.5, 0.6) is 0 Å². The number of hydrogen-bond donors (Lipinski definition) is 1. The van der Waals surface area contributed by atoms with Crippen LogP contribution in [-0.2, 0) is 23.9 Å². The summed E-state index contributed by atoms with van der Waals surface area (Å²) in [5.41, 5.74) is -1.53. The third-order valence-electron chi connectivity index (χ3n) is 10.4. The van der Waals surface area contributed by atoms with Crippen LogP contribution in [0, 0.1) is 39.4 Å². The van der Waals surface area contributed by atoms with E-state index in [1.54, 1.807) is 0 Å². The van der Waals surface area contributed by atoms with Crippen molar-refractivity contribution in [2.24, 2.45) is 39.4 Å². The van der Waals surface area contributed by atoms with Crippen molar-refractivity contribution in [2.45, 2.75) is 85.9 Å². The molecule has 0 heterocycles. The van der Waals surface area contributed by atoms with Gasteiger partial charge in [-0.3, -0.25) is 14.4 Å². The Morgan fingerprint density at radius 2 is 1.75 bits per heavy atom. The molecule has 0 spiro atoms. The highest BCUT2D eigenvalue weighted by Crippen LogP contribution is 2.73. The van der Waals surface area contributed by atoms with E-state index in [1.807, 2.05) is 19.1 Å². The molecule has 32 heavy (non-hydrogen) atoms. The van der Waals surface area contributed by atoms with Gasteiger partial charge in [-0.05, 0) is 55.3 Å². The van der Waals surface area contributed by atoms with Crippen LogP contribution in [0.2, 0.25) is 0 Å². The average molecular weight is 447 g/mol. The lowest BCUT2D eigenvalue weighted by Crippen LogP contribution is -2.68. The van der Waals surface area contributed by atoms with Crippen LogP contribution in [0.15, 0.2) is 12.2 Å². The summed E-state index contributed by atoms with van der Waals surface area (Å²) in [7, 11) is 0. The van der Waals surface area contributed by atoms with Gasteiger partial charge in [-0.2, -0.15) is 0 Å². The normalized spacial score (nSPS) is 49.6. The second kappa shape index (κ2) is 7.41. The van der Waals surface area contributed by atoms with E-state index in [4.69, 9.17) is 9.47 Å². The number of esters is 2. The molecule has 178 valence electrons. The number of fused-ring (bicyclic) bond motifs is 5. The van der Waals surface area contributed by atoms with Crippen molar-refractivity contribution < 1.29 is 29.0 Å². The van der Waals surface area contributed by atoms with E-state index in [0.717, 1.165) is 25.7 Å². The number of carbonyl (C=O) groups excluding carboxylic acids is 3. The molecule has 0 aromatic carbocycles. The lowest BCUT2D eigenvalue weighted by atomic mass is 9.35. The Bertz CT molecular complexity index is 864. The summed E-state index contributed by atoms with van der Waals surface area (Å²) in [5, 5.41) is 11.2. The lowest BCUT2D eigenvalue weighted by Gasteiger charge is -2.69. The van der Waals surface area contributed by atoms with Crippen LogP contribution in [0.1, 0.15) is 73.6 Å². The molecule has 6 nitrogen and oxygen atoms in total. The van der Waals surface area contributed by atoms with Crippen LogP contribution in [-0.4, -0.2) is 41.6 Å². The quantitative estimate of drug-likeness (QED) is 0.523. The van der Waals surface area contributed by atoms with Gasteiger partial charge >= 0.3 is 11.9 Å². The third kappa shape index (κ3) is 2.97. The van der Waals surface area contributed by atoms with Crippen molar-refractivity contribution in [3.05, 3.63) is 12.2 Å². The Labute approximate surface area is 191 Å². The van der Waals surface area contributed by atoms with Crippen molar-refractivity contribution in [3.63, 3.8) is 0 Å². The predicted octanol–water partition coefficient (Wildman–Crippen LogP) is 3.85. The zero-order chi connectivity index (χ0) is 23.7. The molecule has 0 saturated heterocycles. The average Bonchev–Trinajstić information content (AvgIpc) is 3.02. The van der Waals surface area contributed by atoms with E-state index in [9.17, 15) is 19.5 Å². The fourth-order valence-electron chi connectivity index (χ4n) is 8.55. The number of hydrogen-bond acceptors (Lipinski definition) is 6. The van der Waals surface area contributed by atoms with Gasteiger partial charge in [-0.25, -0.2) is 0 Å². The second-order valence-corrected chi connectivity index (χ2v) is 11.7. The van der Waals surface area contributed by atoms with E-state index in [0.29, 0.717) is 6.42 Å². The highest BCUT2D eigenvalue weighted by atomic mass is 16.5. The van der Waals surface area contributed by atoms with Crippen molar-refractivity contribution in [2.75, 3.05) is 6.61 Å². The number of rotatable bonds is 3. The number of Topliss-reactive ketones (excluding diaryl/α,β-unsaturated/α-hetero) is 1. The maximum Gasteiger partial charge on any atom is 0.302 e. The molecule has 3 fully saturated rings. The van der Waals surface area contributed by atoms with Crippen LogP contribution in [0.3, 0.4) is 0 Å². The molecule has 0 aromatic heterocycles. The molecule has 0 aromatic rings. The summed E-state index contributed by atoms with van der Waals surface area (Å²) in [6.07, 6.45) is 6.69. The summed E-state index contributed by atoms with van der Waals surface area (Å²) < 4.78 is 11.3. The van der Waals surface area contributed by atoms with E-state index in [1.165, 1.54) is 13.8 Å². The fraction of sp³-hybridized carbons (Fsp3) is 0.808. The molecule has 0 amide bonds. The van der Waals surface area contributed by atoms with E-state index < -0.39 is 16.9 Å². The highest BCUT2D eigenvalue weighted by molar-refractivity contribution is 5.86.